The molecule has 1 atom stereocenters. The van der Waals surface area contributed by atoms with Crippen LogP contribution in [0.4, 0.5) is 4.39 Å². The van der Waals surface area contributed by atoms with Gasteiger partial charge in [0.25, 0.3) is 0 Å². The van der Waals surface area contributed by atoms with Gasteiger partial charge in [0.05, 0.1) is 6.61 Å². The number of hydrogen-bond acceptors (Lipinski definition) is 2. The molecule has 0 aromatic heterocycles. The fourth-order valence-electron chi connectivity index (χ4n) is 2.85. The van der Waals surface area contributed by atoms with E-state index in [-0.39, 0.29) is 11.4 Å². The summed E-state index contributed by atoms with van der Waals surface area (Å²) in [5, 5.41) is 3.40. The van der Waals surface area contributed by atoms with E-state index in [0.29, 0.717) is 6.61 Å². The van der Waals surface area contributed by atoms with Gasteiger partial charge in [-0.3, -0.25) is 0 Å². The maximum atomic E-state index is 14.0. The van der Waals surface area contributed by atoms with Crippen LogP contribution in [0.15, 0.2) is 12.1 Å². The minimum absolute atomic E-state index is 0.141. The highest BCUT2D eigenvalue weighted by Gasteiger charge is 2.37. The highest BCUT2D eigenvalue weighted by atomic mass is 19.1. The van der Waals surface area contributed by atoms with Crippen molar-refractivity contribution in [1.82, 2.24) is 5.32 Å². The van der Waals surface area contributed by atoms with Crippen molar-refractivity contribution in [1.29, 1.82) is 0 Å². The van der Waals surface area contributed by atoms with Gasteiger partial charge in [0.1, 0.15) is 11.6 Å². The summed E-state index contributed by atoms with van der Waals surface area (Å²) >= 11 is 0. The van der Waals surface area contributed by atoms with Crippen LogP contribution in [0.1, 0.15) is 30.9 Å². The van der Waals surface area contributed by atoms with Crippen molar-refractivity contribution in [2.75, 3.05) is 13.2 Å². The molecule has 1 N–H and O–H groups in total. The number of rotatable bonds is 1. The third-order valence-corrected chi connectivity index (χ3v) is 3.73. The van der Waals surface area contributed by atoms with E-state index in [1.165, 1.54) is 0 Å². The van der Waals surface area contributed by atoms with E-state index in [0.717, 1.165) is 42.7 Å². The number of halogens is 1. The molecule has 86 valence electrons. The van der Waals surface area contributed by atoms with Crippen molar-refractivity contribution >= 4 is 0 Å². The van der Waals surface area contributed by atoms with Crippen LogP contribution in [0.25, 0.3) is 0 Å². The molecule has 0 saturated carbocycles. The van der Waals surface area contributed by atoms with Crippen LogP contribution in [-0.4, -0.2) is 13.2 Å². The second-order valence-electron chi connectivity index (χ2n) is 4.87. The van der Waals surface area contributed by atoms with Gasteiger partial charge in [-0.25, -0.2) is 4.39 Å². The Morgan fingerprint density at radius 2 is 2.31 bits per heavy atom. The van der Waals surface area contributed by atoms with E-state index < -0.39 is 0 Å². The summed E-state index contributed by atoms with van der Waals surface area (Å²) in [6.07, 6.45) is 2.97. The van der Waals surface area contributed by atoms with Crippen LogP contribution in [0.2, 0.25) is 0 Å². The van der Waals surface area contributed by atoms with Crippen molar-refractivity contribution < 1.29 is 9.13 Å². The average Bonchev–Trinajstić information content (AvgIpc) is 2.86. The second-order valence-corrected chi connectivity index (χ2v) is 4.87. The Bertz CT molecular complexity index is 424. The molecule has 2 aliphatic rings. The van der Waals surface area contributed by atoms with Crippen LogP contribution in [0.3, 0.4) is 0 Å². The smallest absolute Gasteiger partial charge is 0.131 e. The molecule has 0 spiro atoms. The Morgan fingerprint density at radius 1 is 1.44 bits per heavy atom. The number of benzene rings is 1. The van der Waals surface area contributed by atoms with Crippen LogP contribution in [0.5, 0.6) is 5.75 Å². The lowest BCUT2D eigenvalue weighted by Crippen LogP contribution is -2.34. The standard InChI is InChI=1S/C13H16FNO/c1-13(6-2-7-15-13)11-10(14)4-3-9-5-8-16-12(9)11/h3-4,15H,2,5-8H2,1H3. The summed E-state index contributed by atoms with van der Waals surface area (Å²) in [4.78, 5) is 0. The first-order valence-electron chi connectivity index (χ1n) is 5.90. The lowest BCUT2D eigenvalue weighted by Gasteiger charge is -2.27. The maximum Gasteiger partial charge on any atom is 0.131 e. The molecule has 0 amide bonds. The molecule has 2 nitrogen and oxygen atoms in total. The molecule has 1 aromatic rings. The van der Waals surface area contributed by atoms with Crippen LogP contribution in [0, 0.1) is 5.82 Å². The molecule has 1 aromatic carbocycles. The van der Waals surface area contributed by atoms with Crippen molar-refractivity contribution in [3.8, 4) is 5.75 Å². The molecule has 3 heteroatoms. The second kappa shape index (κ2) is 3.45. The van der Waals surface area contributed by atoms with Gasteiger partial charge in [-0.15, -0.1) is 0 Å². The van der Waals surface area contributed by atoms with E-state index in [1.54, 1.807) is 6.07 Å². The molecule has 0 bridgehead atoms. The molecule has 1 fully saturated rings. The van der Waals surface area contributed by atoms with Gasteiger partial charge < -0.3 is 10.1 Å². The monoisotopic (exact) mass is 221 g/mol. The van der Waals surface area contributed by atoms with E-state index in [9.17, 15) is 4.39 Å². The first-order valence-corrected chi connectivity index (χ1v) is 5.90. The summed E-state index contributed by atoms with van der Waals surface area (Å²) in [6.45, 7) is 3.71. The van der Waals surface area contributed by atoms with Gasteiger partial charge >= 0.3 is 0 Å². The zero-order valence-electron chi connectivity index (χ0n) is 9.48. The molecule has 0 aliphatic carbocycles. The summed E-state index contributed by atoms with van der Waals surface area (Å²) in [5.41, 5.74) is 1.63. The molecule has 2 heterocycles. The van der Waals surface area contributed by atoms with Gasteiger partial charge in [-0.1, -0.05) is 6.07 Å². The first-order chi connectivity index (χ1) is 7.71. The highest BCUT2D eigenvalue weighted by Crippen LogP contribution is 2.41. The lowest BCUT2D eigenvalue weighted by molar-refractivity contribution is 0.328. The summed E-state index contributed by atoms with van der Waals surface area (Å²) in [7, 11) is 0. The Labute approximate surface area is 94.8 Å². The van der Waals surface area contributed by atoms with E-state index in [4.69, 9.17) is 4.74 Å². The summed E-state index contributed by atoms with van der Waals surface area (Å²) in [5.74, 6) is 0.648. The van der Waals surface area contributed by atoms with Gasteiger partial charge in [-0.05, 0) is 37.9 Å². The summed E-state index contributed by atoms with van der Waals surface area (Å²) < 4.78 is 19.6. The van der Waals surface area contributed by atoms with Gasteiger partial charge in [0.15, 0.2) is 0 Å². The minimum Gasteiger partial charge on any atom is -0.492 e. The van der Waals surface area contributed by atoms with Crippen LogP contribution >= 0.6 is 0 Å². The zero-order chi connectivity index (χ0) is 11.2. The number of ether oxygens (including phenoxy) is 1. The Hall–Kier alpha value is -1.09. The SMILES string of the molecule is CC1(c2c(F)ccc3c2OCC3)CCCN1. The fourth-order valence-corrected chi connectivity index (χ4v) is 2.85. The predicted octanol–water partition coefficient (Wildman–Crippen LogP) is 2.36. The zero-order valence-corrected chi connectivity index (χ0v) is 9.48. The van der Waals surface area contributed by atoms with Gasteiger partial charge in [0, 0.05) is 17.5 Å². The fraction of sp³-hybridized carbons (Fsp3) is 0.538. The Balaban J connectivity index is 2.15. The average molecular weight is 221 g/mol. The largest absolute Gasteiger partial charge is 0.492 e. The van der Waals surface area contributed by atoms with Crippen LogP contribution < -0.4 is 10.1 Å². The number of nitrogens with one attached hydrogen (secondary N) is 1. The third-order valence-electron chi connectivity index (χ3n) is 3.73. The van der Waals surface area contributed by atoms with Gasteiger partial charge in [0.2, 0.25) is 0 Å². The maximum absolute atomic E-state index is 14.0. The third kappa shape index (κ3) is 1.34. The molecule has 1 unspecified atom stereocenters. The minimum atomic E-state index is -0.250. The van der Waals surface area contributed by atoms with Crippen molar-refractivity contribution in [3.63, 3.8) is 0 Å². The Morgan fingerprint density at radius 3 is 3.06 bits per heavy atom. The molecule has 1 saturated heterocycles. The highest BCUT2D eigenvalue weighted by molar-refractivity contribution is 5.48. The van der Waals surface area contributed by atoms with E-state index in [2.05, 4.69) is 12.2 Å². The topological polar surface area (TPSA) is 21.3 Å². The number of fused-ring (bicyclic) bond motifs is 1. The Kier molecular flexibility index (Phi) is 2.18. The quantitative estimate of drug-likeness (QED) is 0.786. The van der Waals surface area contributed by atoms with E-state index in [1.807, 2.05) is 6.07 Å². The van der Waals surface area contributed by atoms with E-state index >= 15 is 0 Å². The lowest BCUT2D eigenvalue weighted by atomic mass is 9.88. The predicted molar refractivity (Wildman–Crippen MR) is 60.2 cm³/mol. The van der Waals surface area contributed by atoms with Crippen LogP contribution in [-0.2, 0) is 12.0 Å². The van der Waals surface area contributed by atoms with Crippen molar-refractivity contribution in [2.45, 2.75) is 31.7 Å². The molecule has 16 heavy (non-hydrogen) atoms. The summed E-state index contributed by atoms with van der Waals surface area (Å²) in [6, 6.07) is 3.42. The van der Waals surface area contributed by atoms with Gasteiger partial charge in [-0.2, -0.15) is 0 Å². The number of hydrogen-bond donors (Lipinski definition) is 1. The molecular formula is C13H16FNO. The van der Waals surface area contributed by atoms with Crippen molar-refractivity contribution in [2.24, 2.45) is 0 Å². The van der Waals surface area contributed by atoms with Crippen molar-refractivity contribution in [3.05, 3.63) is 29.1 Å². The normalized spacial score (nSPS) is 27.9. The first kappa shape index (κ1) is 10.1. The molecule has 2 aliphatic heterocycles. The molecular weight excluding hydrogens is 205 g/mol. The molecule has 3 rings (SSSR count). The molecule has 0 radical (unpaired) electrons.